The highest BCUT2D eigenvalue weighted by atomic mass is 16.7. The summed E-state index contributed by atoms with van der Waals surface area (Å²) in [4.78, 5) is 0. The molecule has 0 aliphatic heterocycles. The molecule has 134 valence electrons. The van der Waals surface area contributed by atoms with E-state index in [4.69, 9.17) is 9.47 Å². The van der Waals surface area contributed by atoms with Crippen molar-refractivity contribution in [3.05, 3.63) is 29.8 Å². The van der Waals surface area contributed by atoms with Gasteiger partial charge in [-0.25, -0.2) is 0 Å². The van der Waals surface area contributed by atoms with Gasteiger partial charge in [-0.15, -0.1) is 0 Å². The van der Waals surface area contributed by atoms with E-state index < -0.39 is 0 Å². The van der Waals surface area contributed by atoms with Gasteiger partial charge < -0.3 is 9.47 Å². The number of fused-ring (bicyclic) bond motifs is 2. The van der Waals surface area contributed by atoms with E-state index in [2.05, 4.69) is 52.0 Å². The summed E-state index contributed by atoms with van der Waals surface area (Å²) >= 11 is 0. The third kappa shape index (κ3) is 4.53. The molecule has 2 saturated carbocycles. The molecule has 2 bridgehead atoms. The van der Waals surface area contributed by atoms with Crippen molar-refractivity contribution in [3.63, 3.8) is 0 Å². The lowest BCUT2D eigenvalue weighted by atomic mass is 9.81. The van der Waals surface area contributed by atoms with Crippen LogP contribution >= 0.6 is 0 Å². The molecule has 0 saturated heterocycles. The van der Waals surface area contributed by atoms with Crippen LogP contribution in [0.3, 0.4) is 0 Å². The summed E-state index contributed by atoms with van der Waals surface area (Å²) in [6.45, 7) is 9.60. The Balaban J connectivity index is 1.61. The van der Waals surface area contributed by atoms with E-state index in [0.717, 1.165) is 24.5 Å². The minimum Gasteiger partial charge on any atom is -0.465 e. The van der Waals surface area contributed by atoms with Crippen molar-refractivity contribution in [1.29, 1.82) is 0 Å². The smallest absolute Gasteiger partial charge is 0.200 e. The highest BCUT2D eigenvalue weighted by Gasteiger charge is 2.46. The fraction of sp³-hybridized carbons (Fsp3) is 0.727. The molecule has 0 radical (unpaired) electrons. The molecule has 1 aromatic rings. The van der Waals surface area contributed by atoms with Gasteiger partial charge in [0.1, 0.15) is 5.75 Å². The number of hydrogen-bond donors (Lipinski definition) is 0. The van der Waals surface area contributed by atoms with E-state index in [9.17, 15) is 0 Å². The van der Waals surface area contributed by atoms with E-state index in [1.54, 1.807) is 0 Å². The van der Waals surface area contributed by atoms with Crippen LogP contribution in [0.1, 0.15) is 71.8 Å². The molecule has 0 N–H and O–H groups in total. The molecule has 2 fully saturated rings. The lowest BCUT2D eigenvalue weighted by Crippen LogP contribution is -2.29. The Bertz CT molecular complexity index is 518. The lowest BCUT2D eigenvalue weighted by Gasteiger charge is -2.31. The Labute approximate surface area is 147 Å². The normalized spacial score (nSPS) is 27.4. The van der Waals surface area contributed by atoms with Gasteiger partial charge in [0.2, 0.25) is 0 Å². The first-order valence-electron chi connectivity index (χ1n) is 9.75. The molecular weight excluding hydrogens is 296 g/mol. The third-order valence-corrected chi connectivity index (χ3v) is 5.77. The summed E-state index contributed by atoms with van der Waals surface area (Å²) in [6.07, 6.45) is 9.02. The summed E-state index contributed by atoms with van der Waals surface area (Å²) < 4.78 is 12.2. The summed E-state index contributed by atoms with van der Waals surface area (Å²) in [5.41, 5.74) is 2.18. The summed E-state index contributed by atoms with van der Waals surface area (Å²) in [6, 6.07) is 8.61. The average Bonchev–Trinajstić information content (AvgIpc) is 3.08. The Hall–Kier alpha value is -1.02. The van der Waals surface area contributed by atoms with Gasteiger partial charge in [0.25, 0.3) is 0 Å². The second-order valence-electron chi connectivity index (χ2n) is 9.24. The first kappa shape index (κ1) is 17.8. The SMILES string of the molecule is CCOC(CC12CCC(CC1)C2)Oc1ccc(CC(C)(C)C)cc1. The van der Waals surface area contributed by atoms with Gasteiger partial charge >= 0.3 is 0 Å². The molecule has 2 heteroatoms. The number of benzene rings is 1. The highest BCUT2D eigenvalue weighted by molar-refractivity contribution is 5.28. The van der Waals surface area contributed by atoms with Crippen LogP contribution in [0.5, 0.6) is 5.75 Å². The monoisotopic (exact) mass is 330 g/mol. The predicted molar refractivity (Wildman–Crippen MR) is 99.3 cm³/mol. The maximum atomic E-state index is 6.23. The predicted octanol–water partition coefficient (Wildman–Crippen LogP) is 5.99. The van der Waals surface area contributed by atoms with Gasteiger partial charge in [-0.2, -0.15) is 0 Å². The Morgan fingerprint density at radius 1 is 1.12 bits per heavy atom. The standard InChI is InChI=1S/C22H34O2/c1-5-23-20(16-22-12-10-18(15-22)11-13-22)24-19-8-6-17(7-9-19)14-21(2,3)4/h6-9,18,20H,5,10-16H2,1-4H3. The molecule has 2 nitrogen and oxygen atoms in total. The van der Waals surface area contributed by atoms with Crippen molar-refractivity contribution >= 4 is 0 Å². The maximum absolute atomic E-state index is 6.23. The topological polar surface area (TPSA) is 18.5 Å². The zero-order valence-electron chi connectivity index (χ0n) is 15.9. The van der Waals surface area contributed by atoms with Crippen LogP contribution in [0.2, 0.25) is 0 Å². The van der Waals surface area contributed by atoms with Crippen LogP contribution in [0.25, 0.3) is 0 Å². The second kappa shape index (κ2) is 7.07. The maximum Gasteiger partial charge on any atom is 0.200 e. The van der Waals surface area contributed by atoms with Crippen molar-refractivity contribution in [2.24, 2.45) is 16.7 Å². The summed E-state index contributed by atoms with van der Waals surface area (Å²) in [5, 5.41) is 0. The molecule has 0 aromatic heterocycles. The molecule has 3 rings (SSSR count). The van der Waals surface area contributed by atoms with E-state index in [1.807, 2.05) is 0 Å². The molecule has 1 unspecified atom stereocenters. The van der Waals surface area contributed by atoms with Crippen LogP contribution < -0.4 is 4.74 Å². The number of ether oxygens (including phenoxy) is 2. The van der Waals surface area contributed by atoms with Crippen molar-refractivity contribution in [1.82, 2.24) is 0 Å². The zero-order chi connectivity index (χ0) is 17.2. The minimum absolute atomic E-state index is 0.0969. The average molecular weight is 331 g/mol. The van der Waals surface area contributed by atoms with Crippen molar-refractivity contribution in [2.45, 2.75) is 78.9 Å². The largest absolute Gasteiger partial charge is 0.465 e. The van der Waals surface area contributed by atoms with Gasteiger partial charge in [-0.3, -0.25) is 0 Å². The first-order chi connectivity index (χ1) is 11.4. The van der Waals surface area contributed by atoms with Gasteiger partial charge in [0.05, 0.1) is 0 Å². The van der Waals surface area contributed by atoms with E-state index in [1.165, 1.54) is 37.7 Å². The molecule has 0 spiro atoms. The van der Waals surface area contributed by atoms with Crippen LogP contribution in [0.4, 0.5) is 0 Å². The van der Waals surface area contributed by atoms with Crippen LogP contribution in [-0.2, 0) is 11.2 Å². The Morgan fingerprint density at radius 3 is 2.29 bits per heavy atom. The van der Waals surface area contributed by atoms with Gasteiger partial charge in [0.15, 0.2) is 6.29 Å². The molecule has 1 aromatic carbocycles. The van der Waals surface area contributed by atoms with Crippen molar-refractivity contribution < 1.29 is 9.47 Å². The minimum atomic E-state index is -0.0969. The first-order valence-corrected chi connectivity index (χ1v) is 9.75. The van der Waals surface area contributed by atoms with Crippen LogP contribution in [-0.4, -0.2) is 12.9 Å². The molecule has 2 aliphatic carbocycles. The van der Waals surface area contributed by atoms with Gasteiger partial charge in [-0.05, 0) is 79.9 Å². The quantitative estimate of drug-likeness (QED) is 0.572. The molecule has 2 aliphatic rings. The van der Waals surface area contributed by atoms with Crippen molar-refractivity contribution in [3.8, 4) is 5.75 Å². The zero-order valence-corrected chi connectivity index (χ0v) is 15.9. The fourth-order valence-electron chi connectivity index (χ4n) is 4.72. The Kier molecular flexibility index (Phi) is 5.24. The number of rotatable bonds is 7. The van der Waals surface area contributed by atoms with E-state index in [-0.39, 0.29) is 6.29 Å². The molecule has 1 atom stereocenters. The second-order valence-corrected chi connectivity index (χ2v) is 9.24. The summed E-state index contributed by atoms with van der Waals surface area (Å²) in [5.74, 6) is 1.92. The van der Waals surface area contributed by atoms with E-state index in [0.29, 0.717) is 17.4 Å². The van der Waals surface area contributed by atoms with E-state index >= 15 is 0 Å². The Morgan fingerprint density at radius 2 is 1.79 bits per heavy atom. The highest BCUT2D eigenvalue weighted by Crippen LogP contribution is 2.56. The number of hydrogen-bond acceptors (Lipinski definition) is 2. The third-order valence-electron chi connectivity index (χ3n) is 5.77. The molecule has 0 heterocycles. The molecular formula is C22H34O2. The van der Waals surface area contributed by atoms with Gasteiger partial charge in [0, 0.05) is 13.0 Å². The fourth-order valence-corrected chi connectivity index (χ4v) is 4.72. The van der Waals surface area contributed by atoms with Crippen molar-refractivity contribution in [2.75, 3.05) is 6.61 Å². The summed E-state index contributed by atoms with van der Waals surface area (Å²) in [7, 11) is 0. The van der Waals surface area contributed by atoms with Crippen LogP contribution in [0.15, 0.2) is 24.3 Å². The van der Waals surface area contributed by atoms with Gasteiger partial charge in [-0.1, -0.05) is 32.9 Å². The molecule has 0 amide bonds. The lowest BCUT2D eigenvalue weighted by molar-refractivity contribution is -0.100. The van der Waals surface area contributed by atoms with Crippen LogP contribution in [0, 0.1) is 16.7 Å². The molecule has 24 heavy (non-hydrogen) atoms.